The first-order valence-corrected chi connectivity index (χ1v) is 6.65. The number of hydrogen-bond donors (Lipinski definition) is 2. The molecule has 2 aliphatic carbocycles. The molecule has 0 radical (unpaired) electrons. The highest BCUT2D eigenvalue weighted by Gasteiger charge is 2.50. The molecule has 0 aromatic heterocycles. The number of aliphatic hydroxyl groups is 1. The second-order valence-electron chi connectivity index (χ2n) is 5.62. The zero-order chi connectivity index (χ0) is 10.8. The Labute approximate surface area is 93.2 Å². The quantitative estimate of drug-likeness (QED) is 0.737. The van der Waals surface area contributed by atoms with Crippen molar-refractivity contribution in [2.24, 2.45) is 11.1 Å². The summed E-state index contributed by atoms with van der Waals surface area (Å²) in [7, 11) is 0. The van der Waals surface area contributed by atoms with Crippen LogP contribution in [-0.2, 0) is 0 Å². The second kappa shape index (κ2) is 4.42. The van der Waals surface area contributed by atoms with Crippen LogP contribution in [-0.4, -0.2) is 17.3 Å². The maximum Gasteiger partial charge on any atom is 0.0715 e. The fraction of sp³-hybridized carbons (Fsp3) is 1.00. The lowest BCUT2D eigenvalue weighted by molar-refractivity contribution is -0.135. The van der Waals surface area contributed by atoms with Gasteiger partial charge in [-0.2, -0.15) is 0 Å². The molecule has 0 heterocycles. The molecule has 1 unspecified atom stereocenters. The Kier molecular flexibility index (Phi) is 3.36. The van der Waals surface area contributed by atoms with Crippen molar-refractivity contribution in [3.8, 4) is 0 Å². The normalized spacial score (nSPS) is 35.6. The molecule has 0 amide bonds. The van der Waals surface area contributed by atoms with Gasteiger partial charge in [0.1, 0.15) is 0 Å². The van der Waals surface area contributed by atoms with E-state index in [-0.39, 0.29) is 5.41 Å². The van der Waals surface area contributed by atoms with Crippen LogP contribution in [0.15, 0.2) is 0 Å². The van der Waals surface area contributed by atoms with Crippen molar-refractivity contribution >= 4 is 0 Å². The van der Waals surface area contributed by atoms with Crippen LogP contribution in [0, 0.1) is 5.41 Å². The van der Waals surface area contributed by atoms with Gasteiger partial charge in [0.05, 0.1) is 5.60 Å². The van der Waals surface area contributed by atoms with E-state index in [0.717, 1.165) is 12.8 Å². The van der Waals surface area contributed by atoms with E-state index in [1.54, 1.807) is 0 Å². The Balaban J connectivity index is 2.16. The second-order valence-corrected chi connectivity index (χ2v) is 5.62. The van der Waals surface area contributed by atoms with E-state index in [1.807, 2.05) is 0 Å². The van der Waals surface area contributed by atoms with Gasteiger partial charge in [-0.15, -0.1) is 0 Å². The first kappa shape index (κ1) is 11.4. The zero-order valence-corrected chi connectivity index (χ0v) is 9.80. The molecule has 1 atom stereocenters. The van der Waals surface area contributed by atoms with Crippen LogP contribution < -0.4 is 5.73 Å². The van der Waals surface area contributed by atoms with Crippen molar-refractivity contribution in [2.75, 3.05) is 6.54 Å². The van der Waals surface area contributed by atoms with Gasteiger partial charge < -0.3 is 10.8 Å². The van der Waals surface area contributed by atoms with E-state index in [0.29, 0.717) is 6.54 Å². The molecule has 15 heavy (non-hydrogen) atoms. The van der Waals surface area contributed by atoms with Gasteiger partial charge in [-0.05, 0) is 44.1 Å². The van der Waals surface area contributed by atoms with Gasteiger partial charge in [0.25, 0.3) is 0 Å². The molecule has 2 saturated carbocycles. The maximum atomic E-state index is 10.9. The molecule has 2 nitrogen and oxygen atoms in total. The summed E-state index contributed by atoms with van der Waals surface area (Å²) in [6, 6.07) is 0. The molecule has 2 rings (SSSR count). The third-order valence-corrected chi connectivity index (χ3v) is 4.85. The lowest BCUT2D eigenvalue weighted by atomic mass is 9.56. The third-order valence-electron chi connectivity index (χ3n) is 4.85. The monoisotopic (exact) mass is 211 g/mol. The fourth-order valence-corrected chi connectivity index (χ4v) is 3.95. The van der Waals surface area contributed by atoms with Gasteiger partial charge in [-0.25, -0.2) is 0 Å². The van der Waals surface area contributed by atoms with Crippen molar-refractivity contribution in [1.29, 1.82) is 0 Å². The van der Waals surface area contributed by atoms with Crippen LogP contribution in [0.4, 0.5) is 0 Å². The topological polar surface area (TPSA) is 46.2 Å². The van der Waals surface area contributed by atoms with Crippen molar-refractivity contribution in [3.63, 3.8) is 0 Å². The average molecular weight is 211 g/mol. The summed E-state index contributed by atoms with van der Waals surface area (Å²) < 4.78 is 0. The summed E-state index contributed by atoms with van der Waals surface area (Å²) in [6.07, 6.45) is 12.0. The maximum absolute atomic E-state index is 10.9. The summed E-state index contributed by atoms with van der Waals surface area (Å²) in [5.74, 6) is 0. The smallest absolute Gasteiger partial charge is 0.0715 e. The fourth-order valence-electron chi connectivity index (χ4n) is 3.95. The molecule has 1 spiro atoms. The van der Waals surface area contributed by atoms with Gasteiger partial charge in [-0.1, -0.05) is 32.1 Å². The highest BCUT2D eigenvalue weighted by molar-refractivity contribution is 5.02. The Bertz CT molecular complexity index is 198. The number of nitrogens with two attached hydrogens (primary N) is 1. The Hall–Kier alpha value is -0.0800. The molecule has 0 aliphatic heterocycles. The standard InChI is InChI=1S/C13H25NO/c14-11-10-13(15)9-5-4-8-12(13)6-2-1-3-7-12/h15H,1-11,14H2. The van der Waals surface area contributed by atoms with E-state index in [4.69, 9.17) is 5.73 Å². The summed E-state index contributed by atoms with van der Waals surface area (Å²) >= 11 is 0. The van der Waals surface area contributed by atoms with Crippen LogP contribution in [0.25, 0.3) is 0 Å². The van der Waals surface area contributed by atoms with Gasteiger partial charge in [0.15, 0.2) is 0 Å². The highest BCUT2D eigenvalue weighted by Crippen LogP contribution is 2.54. The van der Waals surface area contributed by atoms with E-state index >= 15 is 0 Å². The van der Waals surface area contributed by atoms with Crippen molar-refractivity contribution in [2.45, 2.75) is 69.8 Å². The predicted molar refractivity (Wildman–Crippen MR) is 62.6 cm³/mol. The Morgan fingerprint density at radius 2 is 1.40 bits per heavy atom. The van der Waals surface area contributed by atoms with Gasteiger partial charge in [0.2, 0.25) is 0 Å². The lowest BCUT2D eigenvalue weighted by Gasteiger charge is -2.53. The van der Waals surface area contributed by atoms with E-state index in [9.17, 15) is 5.11 Å². The summed E-state index contributed by atoms with van der Waals surface area (Å²) in [6.45, 7) is 0.637. The summed E-state index contributed by atoms with van der Waals surface area (Å²) in [5.41, 5.74) is 5.48. The molecule has 3 N–H and O–H groups in total. The summed E-state index contributed by atoms with van der Waals surface area (Å²) in [4.78, 5) is 0. The highest BCUT2D eigenvalue weighted by atomic mass is 16.3. The molecular weight excluding hydrogens is 186 g/mol. The van der Waals surface area contributed by atoms with Crippen LogP contribution in [0.2, 0.25) is 0 Å². The number of rotatable bonds is 2. The molecule has 0 saturated heterocycles. The largest absolute Gasteiger partial charge is 0.389 e. The first-order valence-electron chi connectivity index (χ1n) is 6.65. The minimum absolute atomic E-state index is 0.239. The van der Waals surface area contributed by atoms with Gasteiger partial charge >= 0.3 is 0 Å². The minimum atomic E-state index is -0.430. The van der Waals surface area contributed by atoms with Crippen LogP contribution in [0.1, 0.15) is 64.2 Å². The van der Waals surface area contributed by atoms with Crippen molar-refractivity contribution in [1.82, 2.24) is 0 Å². The van der Waals surface area contributed by atoms with Crippen LogP contribution >= 0.6 is 0 Å². The zero-order valence-electron chi connectivity index (χ0n) is 9.80. The Morgan fingerprint density at radius 1 is 0.867 bits per heavy atom. The van der Waals surface area contributed by atoms with E-state index in [1.165, 1.54) is 51.4 Å². The van der Waals surface area contributed by atoms with Crippen LogP contribution in [0.5, 0.6) is 0 Å². The lowest BCUT2D eigenvalue weighted by Crippen LogP contribution is -2.52. The van der Waals surface area contributed by atoms with Crippen LogP contribution in [0.3, 0.4) is 0 Å². The van der Waals surface area contributed by atoms with Gasteiger partial charge in [0, 0.05) is 0 Å². The van der Waals surface area contributed by atoms with E-state index < -0.39 is 5.60 Å². The molecular formula is C13H25NO. The van der Waals surface area contributed by atoms with E-state index in [2.05, 4.69) is 0 Å². The molecule has 2 heteroatoms. The minimum Gasteiger partial charge on any atom is -0.389 e. The molecule has 0 aromatic carbocycles. The first-order chi connectivity index (χ1) is 7.22. The SMILES string of the molecule is NCCC1(O)CCCCC12CCCCC2. The molecule has 88 valence electrons. The number of hydrogen-bond acceptors (Lipinski definition) is 2. The molecule has 0 aromatic rings. The van der Waals surface area contributed by atoms with Gasteiger partial charge in [-0.3, -0.25) is 0 Å². The van der Waals surface area contributed by atoms with Crippen molar-refractivity contribution < 1.29 is 5.11 Å². The predicted octanol–water partition coefficient (Wildman–Crippen LogP) is 2.59. The average Bonchev–Trinajstić information content (AvgIpc) is 2.25. The third kappa shape index (κ3) is 1.94. The van der Waals surface area contributed by atoms with Crippen molar-refractivity contribution in [3.05, 3.63) is 0 Å². The summed E-state index contributed by atoms with van der Waals surface area (Å²) in [5, 5.41) is 10.9. The molecule has 2 aliphatic rings. The Morgan fingerprint density at radius 3 is 2.00 bits per heavy atom. The molecule has 2 fully saturated rings. The molecule has 0 bridgehead atoms.